The Bertz CT molecular complexity index is 738. The average molecular weight is 312 g/mol. The summed E-state index contributed by atoms with van der Waals surface area (Å²) in [6.07, 6.45) is -0.219. The van der Waals surface area contributed by atoms with Gasteiger partial charge in [0.25, 0.3) is 5.69 Å². The van der Waals surface area contributed by atoms with E-state index in [1.165, 1.54) is 12.1 Å². The third-order valence-corrected chi connectivity index (χ3v) is 4.26. The lowest BCUT2D eigenvalue weighted by Gasteiger charge is -2.18. The summed E-state index contributed by atoms with van der Waals surface area (Å²) in [5.41, 5.74) is 0.0403. The van der Waals surface area contributed by atoms with Crippen LogP contribution in [0.25, 0.3) is 0 Å². The highest BCUT2D eigenvalue weighted by molar-refractivity contribution is 7.94. The maximum atomic E-state index is 12.1. The van der Waals surface area contributed by atoms with Gasteiger partial charge >= 0.3 is 5.97 Å². The number of nitro benzene ring substituents is 1. The van der Waals surface area contributed by atoms with Crippen LogP contribution >= 0.6 is 0 Å². The zero-order chi connectivity index (χ0) is 15.6. The number of carbonyl (C=O) groups is 1. The Balaban J connectivity index is 2.36. The predicted molar refractivity (Wildman–Crippen MR) is 73.2 cm³/mol. The van der Waals surface area contributed by atoms with Crippen LogP contribution in [0.15, 0.2) is 34.2 Å². The van der Waals surface area contributed by atoms with Gasteiger partial charge in [-0.3, -0.25) is 14.9 Å². The monoisotopic (exact) mass is 312 g/mol. The first-order valence-electron chi connectivity index (χ1n) is 6.00. The van der Waals surface area contributed by atoms with Gasteiger partial charge < -0.3 is 10.1 Å². The number of non-ortho nitro benzene ring substituents is 1. The van der Waals surface area contributed by atoms with Gasteiger partial charge in [0.1, 0.15) is 4.90 Å². The fourth-order valence-corrected chi connectivity index (χ4v) is 3.22. The molecule has 1 aliphatic heterocycles. The van der Waals surface area contributed by atoms with Crippen molar-refractivity contribution >= 4 is 27.2 Å². The lowest BCUT2D eigenvalue weighted by atomic mass is 10.2. The number of rotatable bonds is 4. The van der Waals surface area contributed by atoms with Crippen LogP contribution in [-0.4, -0.2) is 25.9 Å². The summed E-state index contributed by atoms with van der Waals surface area (Å²) < 4.78 is 29.0. The first kappa shape index (κ1) is 15.0. The van der Waals surface area contributed by atoms with Crippen molar-refractivity contribution in [2.45, 2.75) is 18.2 Å². The van der Waals surface area contributed by atoms with Crippen LogP contribution in [-0.2, 0) is 19.4 Å². The number of nitrogens with one attached hydrogen (secondary N) is 1. The van der Waals surface area contributed by atoms with Crippen LogP contribution in [0, 0.1) is 10.1 Å². The molecule has 0 aliphatic carbocycles. The number of benzene rings is 1. The van der Waals surface area contributed by atoms with Gasteiger partial charge in [-0.05, 0) is 13.0 Å². The molecular formula is C12H12N2O6S. The average Bonchev–Trinajstić information content (AvgIpc) is 2.37. The standard InChI is InChI=1S/C12H12N2O6S/c1-2-20-12(15)5-8-7-21(18,19)11-6-9(14(16)17)3-4-10(11)13-8/h3-4,6-7,13H,2,5H2,1H3. The van der Waals surface area contributed by atoms with Gasteiger partial charge in [0.15, 0.2) is 0 Å². The topological polar surface area (TPSA) is 116 Å². The number of nitrogens with zero attached hydrogens (tertiary/aromatic N) is 1. The highest BCUT2D eigenvalue weighted by atomic mass is 32.2. The zero-order valence-corrected chi connectivity index (χ0v) is 11.8. The van der Waals surface area contributed by atoms with Gasteiger partial charge in [-0.15, -0.1) is 0 Å². The van der Waals surface area contributed by atoms with Crippen molar-refractivity contribution in [3.05, 3.63) is 39.4 Å². The van der Waals surface area contributed by atoms with Crippen molar-refractivity contribution < 1.29 is 22.9 Å². The number of ether oxygens (including phenoxy) is 1. The molecule has 1 aromatic carbocycles. The van der Waals surface area contributed by atoms with Crippen molar-refractivity contribution in [1.82, 2.24) is 0 Å². The molecular weight excluding hydrogens is 300 g/mol. The van der Waals surface area contributed by atoms with Crippen molar-refractivity contribution in [1.29, 1.82) is 0 Å². The van der Waals surface area contributed by atoms with Crippen LogP contribution in [0.1, 0.15) is 13.3 Å². The van der Waals surface area contributed by atoms with E-state index in [1.807, 2.05) is 0 Å². The van der Waals surface area contributed by atoms with Crippen molar-refractivity contribution in [3.63, 3.8) is 0 Å². The fraction of sp³-hybridized carbons (Fsp3) is 0.250. The molecule has 0 saturated carbocycles. The number of hydrogen-bond acceptors (Lipinski definition) is 7. The molecule has 9 heteroatoms. The lowest BCUT2D eigenvalue weighted by Crippen LogP contribution is -2.17. The molecule has 1 heterocycles. The second-order valence-electron chi connectivity index (χ2n) is 4.23. The number of esters is 1. The van der Waals surface area contributed by atoms with E-state index in [9.17, 15) is 23.3 Å². The molecule has 8 nitrogen and oxygen atoms in total. The first-order valence-corrected chi connectivity index (χ1v) is 7.55. The summed E-state index contributed by atoms with van der Waals surface area (Å²) in [5, 5.41) is 14.3. The molecule has 1 aromatic rings. The molecule has 1 N–H and O–H groups in total. The molecule has 2 rings (SSSR count). The maximum Gasteiger partial charge on any atom is 0.311 e. The fourth-order valence-electron chi connectivity index (χ4n) is 1.87. The highest BCUT2D eigenvalue weighted by Crippen LogP contribution is 2.33. The molecule has 0 atom stereocenters. The van der Waals surface area contributed by atoms with Gasteiger partial charge in [-0.2, -0.15) is 0 Å². The molecule has 0 aromatic heterocycles. The summed E-state index contributed by atoms with van der Waals surface area (Å²) >= 11 is 0. The van der Waals surface area contributed by atoms with E-state index in [0.717, 1.165) is 11.5 Å². The minimum atomic E-state index is -3.84. The Morgan fingerprint density at radius 2 is 2.14 bits per heavy atom. The Morgan fingerprint density at radius 3 is 2.76 bits per heavy atom. The van der Waals surface area contributed by atoms with Gasteiger partial charge in [-0.1, -0.05) is 0 Å². The molecule has 0 amide bonds. The van der Waals surface area contributed by atoms with Crippen molar-refractivity contribution in [2.24, 2.45) is 0 Å². The molecule has 112 valence electrons. The third-order valence-electron chi connectivity index (χ3n) is 2.72. The summed E-state index contributed by atoms with van der Waals surface area (Å²) in [6, 6.07) is 3.47. The third kappa shape index (κ3) is 3.19. The van der Waals surface area contributed by atoms with Gasteiger partial charge in [-0.25, -0.2) is 8.42 Å². The summed E-state index contributed by atoms with van der Waals surface area (Å²) in [7, 11) is -3.84. The van der Waals surface area contributed by atoms with E-state index in [2.05, 4.69) is 5.32 Å². The van der Waals surface area contributed by atoms with Gasteiger partial charge in [0, 0.05) is 17.8 Å². The van der Waals surface area contributed by atoms with Crippen LogP contribution < -0.4 is 5.32 Å². The van der Waals surface area contributed by atoms with Gasteiger partial charge in [0.2, 0.25) is 9.84 Å². The molecule has 0 spiro atoms. The van der Waals surface area contributed by atoms with Crippen molar-refractivity contribution in [3.8, 4) is 0 Å². The first-order chi connectivity index (χ1) is 9.83. The van der Waals surface area contributed by atoms with Gasteiger partial charge in [0.05, 0.1) is 29.0 Å². The van der Waals surface area contributed by atoms with E-state index >= 15 is 0 Å². The Morgan fingerprint density at radius 1 is 1.43 bits per heavy atom. The highest BCUT2D eigenvalue weighted by Gasteiger charge is 2.26. The van der Waals surface area contributed by atoms with E-state index in [-0.39, 0.29) is 35.0 Å². The number of carbonyl (C=O) groups excluding carboxylic acids is 1. The zero-order valence-electron chi connectivity index (χ0n) is 11.0. The second kappa shape index (κ2) is 5.52. The second-order valence-corrected chi connectivity index (χ2v) is 6.00. The van der Waals surface area contributed by atoms with E-state index in [0.29, 0.717) is 0 Å². The van der Waals surface area contributed by atoms with Crippen LogP contribution in [0.5, 0.6) is 0 Å². The summed E-state index contributed by atoms with van der Waals surface area (Å²) in [5.74, 6) is -0.559. The summed E-state index contributed by atoms with van der Waals surface area (Å²) in [6.45, 7) is 1.84. The van der Waals surface area contributed by atoms with Crippen molar-refractivity contribution in [2.75, 3.05) is 11.9 Å². The Labute approximate surface area is 120 Å². The van der Waals surface area contributed by atoms with E-state index < -0.39 is 20.7 Å². The molecule has 21 heavy (non-hydrogen) atoms. The predicted octanol–water partition coefficient (Wildman–Crippen LogP) is 1.59. The Hall–Kier alpha value is -2.42. The largest absolute Gasteiger partial charge is 0.466 e. The molecule has 0 radical (unpaired) electrons. The number of hydrogen-bond donors (Lipinski definition) is 1. The van der Waals surface area contributed by atoms with Crippen LogP contribution in [0.2, 0.25) is 0 Å². The minimum absolute atomic E-state index is 0.162. The summed E-state index contributed by atoms with van der Waals surface area (Å²) in [4.78, 5) is 21.2. The van der Waals surface area contributed by atoms with E-state index in [4.69, 9.17) is 4.74 Å². The van der Waals surface area contributed by atoms with Crippen LogP contribution in [0.3, 0.4) is 0 Å². The molecule has 0 unspecified atom stereocenters. The number of nitro groups is 1. The van der Waals surface area contributed by atoms with Crippen LogP contribution in [0.4, 0.5) is 11.4 Å². The quantitative estimate of drug-likeness (QED) is 0.510. The Kier molecular flexibility index (Phi) is 3.94. The normalized spacial score (nSPS) is 15.4. The smallest absolute Gasteiger partial charge is 0.311 e. The molecule has 1 aliphatic rings. The molecule has 0 saturated heterocycles. The number of sulfone groups is 1. The lowest BCUT2D eigenvalue weighted by molar-refractivity contribution is -0.385. The SMILES string of the molecule is CCOC(=O)CC1=CS(=O)(=O)c2cc([N+](=O)[O-])ccc2N1. The molecule has 0 fully saturated rings. The number of anilines is 1. The van der Waals surface area contributed by atoms with E-state index in [1.54, 1.807) is 6.92 Å². The number of fused-ring (bicyclic) bond motifs is 1. The maximum absolute atomic E-state index is 12.1. The molecule has 0 bridgehead atoms. The minimum Gasteiger partial charge on any atom is -0.466 e.